The second kappa shape index (κ2) is 16.0. The molecule has 0 aliphatic heterocycles. The zero-order chi connectivity index (χ0) is 27.1. The molecule has 1 aromatic rings. The van der Waals surface area contributed by atoms with Crippen LogP contribution in [0.1, 0.15) is 44.7 Å². The fourth-order valence-electron chi connectivity index (χ4n) is 3.16. The average Bonchev–Trinajstić information content (AvgIpc) is 3.33. The minimum absolute atomic E-state index is 0.0565. The van der Waals surface area contributed by atoms with Crippen molar-refractivity contribution in [2.75, 3.05) is 13.1 Å². The van der Waals surface area contributed by atoms with Gasteiger partial charge in [0.1, 0.15) is 18.1 Å². The van der Waals surface area contributed by atoms with Crippen LogP contribution in [0, 0.1) is 0 Å². The molecule has 0 fully saturated rings. The van der Waals surface area contributed by atoms with Crippen LogP contribution in [-0.2, 0) is 25.6 Å². The molecule has 1 rings (SSSR count). The van der Waals surface area contributed by atoms with Gasteiger partial charge in [0.25, 0.3) is 0 Å². The number of guanidine groups is 1. The van der Waals surface area contributed by atoms with Crippen molar-refractivity contribution in [2.45, 2.75) is 69.6 Å². The fraction of sp³-hybridized carbons (Fsp3) is 0.619. The van der Waals surface area contributed by atoms with E-state index in [0.29, 0.717) is 38.0 Å². The standard InChI is InChI=1S/C21H38N10O5/c1-12(20(35)36)29-18(33)15(6-2-3-7-22)30-19(34)16(9-13-10-26-11-28-13)31-17(32)14(23)5-4-8-27-21(24)25/h10-12,14-16H,2-9,22-23H2,1H3,(H,26,28)(H,29,33)(H,30,34)(H,31,32)(H,35,36)(H4,24,25,27). The minimum Gasteiger partial charge on any atom is -0.480 e. The Kier molecular flexibility index (Phi) is 13.5. The average molecular weight is 511 g/mol. The van der Waals surface area contributed by atoms with Gasteiger partial charge >= 0.3 is 5.97 Å². The fourth-order valence-corrected chi connectivity index (χ4v) is 3.16. The predicted octanol–water partition coefficient (Wildman–Crippen LogP) is -2.98. The van der Waals surface area contributed by atoms with Gasteiger partial charge in [-0.2, -0.15) is 0 Å². The summed E-state index contributed by atoms with van der Waals surface area (Å²) < 4.78 is 0. The lowest BCUT2D eigenvalue weighted by Gasteiger charge is -2.24. The molecule has 4 atom stereocenters. The van der Waals surface area contributed by atoms with Crippen molar-refractivity contribution in [3.8, 4) is 0 Å². The number of imidazole rings is 1. The Morgan fingerprint density at radius 3 is 2.28 bits per heavy atom. The zero-order valence-corrected chi connectivity index (χ0v) is 20.4. The third-order valence-corrected chi connectivity index (χ3v) is 5.23. The number of nitrogens with one attached hydrogen (secondary N) is 4. The molecule has 15 nitrogen and oxygen atoms in total. The highest BCUT2D eigenvalue weighted by atomic mass is 16.4. The summed E-state index contributed by atoms with van der Waals surface area (Å²) in [5.41, 5.74) is 22.6. The first-order chi connectivity index (χ1) is 17.0. The maximum Gasteiger partial charge on any atom is 0.325 e. The summed E-state index contributed by atoms with van der Waals surface area (Å²) in [6, 6.07) is -4.18. The van der Waals surface area contributed by atoms with E-state index in [1.54, 1.807) is 0 Å². The number of rotatable bonds is 17. The molecule has 0 radical (unpaired) electrons. The van der Waals surface area contributed by atoms with Crippen LogP contribution in [0.4, 0.5) is 0 Å². The van der Waals surface area contributed by atoms with Crippen molar-refractivity contribution in [2.24, 2.45) is 27.9 Å². The van der Waals surface area contributed by atoms with Crippen LogP contribution in [-0.4, -0.2) is 82.0 Å². The van der Waals surface area contributed by atoms with E-state index in [0.717, 1.165) is 0 Å². The van der Waals surface area contributed by atoms with Gasteiger partial charge in [0.2, 0.25) is 17.7 Å². The predicted molar refractivity (Wildman–Crippen MR) is 132 cm³/mol. The number of aromatic nitrogens is 2. The molecule has 1 heterocycles. The smallest absolute Gasteiger partial charge is 0.325 e. The summed E-state index contributed by atoms with van der Waals surface area (Å²) in [5.74, 6) is -3.14. The number of hydrogen-bond donors (Lipinski definition) is 9. The Balaban J connectivity index is 2.92. The highest BCUT2D eigenvalue weighted by molar-refractivity contribution is 5.94. The van der Waals surface area contributed by atoms with Gasteiger partial charge in [0.05, 0.1) is 12.4 Å². The van der Waals surface area contributed by atoms with Gasteiger partial charge in [0.15, 0.2) is 5.96 Å². The van der Waals surface area contributed by atoms with Gasteiger partial charge < -0.3 is 49.0 Å². The van der Waals surface area contributed by atoms with E-state index in [1.807, 2.05) is 0 Å². The summed E-state index contributed by atoms with van der Waals surface area (Å²) >= 11 is 0. The highest BCUT2D eigenvalue weighted by Crippen LogP contribution is 2.06. The summed E-state index contributed by atoms with van der Waals surface area (Å²) in [6.07, 6.45) is 5.08. The molecule has 36 heavy (non-hydrogen) atoms. The van der Waals surface area contributed by atoms with Crippen molar-refractivity contribution in [3.05, 3.63) is 18.2 Å². The third kappa shape index (κ3) is 11.6. The molecule has 0 aromatic carbocycles. The molecule has 15 heteroatoms. The number of nitrogens with zero attached hydrogens (tertiary/aromatic N) is 2. The summed E-state index contributed by atoms with van der Waals surface area (Å²) in [6.45, 7) is 2.01. The van der Waals surface area contributed by atoms with Crippen LogP contribution >= 0.6 is 0 Å². The van der Waals surface area contributed by atoms with Gasteiger partial charge in [0, 0.05) is 24.9 Å². The molecular formula is C21H38N10O5. The molecule has 0 saturated carbocycles. The molecule has 1 aromatic heterocycles. The Bertz CT molecular complexity index is 872. The number of hydrogen-bond acceptors (Lipinski definition) is 8. The molecule has 0 aliphatic carbocycles. The van der Waals surface area contributed by atoms with Crippen molar-refractivity contribution in [1.82, 2.24) is 25.9 Å². The van der Waals surface area contributed by atoms with Crippen LogP contribution < -0.4 is 38.9 Å². The largest absolute Gasteiger partial charge is 0.480 e. The van der Waals surface area contributed by atoms with Crippen LogP contribution in [0.3, 0.4) is 0 Å². The normalized spacial score (nSPS) is 14.1. The number of aromatic amines is 1. The van der Waals surface area contributed by atoms with Gasteiger partial charge in [-0.25, -0.2) is 4.98 Å². The molecule has 0 spiro atoms. The lowest BCUT2D eigenvalue weighted by molar-refractivity contribution is -0.141. The topological polar surface area (TPSA) is 270 Å². The SMILES string of the molecule is CC(NC(=O)C(CCCCN)NC(=O)C(Cc1cnc[nH]1)NC(=O)C(N)CCCN=C(N)N)C(=O)O. The first kappa shape index (κ1) is 30.3. The second-order valence-corrected chi connectivity index (χ2v) is 8.31. The van der Waals surface area contributed by atoms with Gasteiger partial charge in [-0.3, -0.25) is 24.2 Å². The Morgan fingerprint density at radius 2 is 1.69 bits per heavy atom. The molecule has 0 saturated heterocycles. The van der Waals surface area contributed by atoms with Crippen LogP contribution in [0.5, 0.6) is 0 Å². The van der Waals surface area contributed by atoms with E-state index in [4.69, 9.17) is 28.0 Å². The maximum atomic E-state index is 13.2. The minimum atomic E-state index is -1.21. The van der Waals surface area contributed by atoms with E-state index in [2.05, 4.69) is 30.9 Å². The number of H-pyrrole nitrogens is 1. The molecule has 0 aliphatic rings. The number of amides is 3. The van der Waals surface area contributed by atoms with E-state index in [-0.39, 0.29) is 25.2 Å². The summed E-state index contributed by atoms with van der Waals surface area (Å²) in [7, 11) is 0. The van der Waals surface area contributed by atoms with E-state index >= 15 is 0 Å². The van der Waals surface area contributed by atoms with E-state index in [1.165, 1.54) is 19.4 Å². The van der Waals surface area contributed by atoms with Crippen molar-refractivity contribution in [1.29, 1.82) is 0 Å². The Labute approximate surface area is 209 Å². The van der Waals surface area contributed by atoms with E-state index < -0.39 is 47.9 Å². The number of aliphatic carboxylic acids is 1. The van der Waals surface area contributed by atoms with E-state index in [9.17, 15) is 19.2 Å². The summed E-state index contributed by atoms with van der Waals surface area (Å²) in [5, 5.41) is 16.7. The number of carboxylic acids is 1. The van der Waals surface area contributed by atoms with Crippen LogP contribution in [0.25, 0.3) is 0 Å². The monoisotopic (exact) mass is 510 g/mol. The number of nitrogens with two attached hydrogens (primary N) is 4. The van der Waals surface area contributed by atoms with Crippen LogP contribution in [0.2, 0.25) is 0 Å². The van der Waals surface area contributed by atoms with Crippen molar-refractivity contribution >= 4 is 29.7 Å². The molecule has 3 amide bonds. The number of aliphatic imine (C=N–C) groups is 1. The molecule has 4 unspecified atom stereocenters. The molecule has 202 valence electrons. The lowest BCUT2D eigenvalue weighted by Crippen LogP contribution is -2.57. The zero-order valence-electron chi connectivity index (χ0n) is 20.4. The van der Waals surface area contributed by atoms with Gasteiger partial charge in [-0.05, 0) is 45.6 Å². The number of carboxylic acid groups (broad SMARTS) is 1. The molecule has 13 N–H and O–H groups in total. The Morgan fingerprint density at radius 1 is 1.03 bits per heavy atom. The highest BCUT2D eigenvalue weighted by Gasteiger charge is 2.29. The Hall–Kier alpha value is -3.72. The lowest BCUT2D eigenvalue weighted by atomic mass is 10.1. The quantitative estimate of drug-likeness (QED) is 0.0582. The second-order valence-electron chi connectivity index (χ2n) is 8.31. The first-order valence-electron chi connectivity index (χ1n) is 11.7. The van der Waals surface area contributed by atoms with Crippen molar-refractivity contribution in [3.63, 3.8) is 0 Å². The molecular weight excluding hydrogens is 472 g/mol. The summed E-state index contributed by atoms with van der Waals surface area (Å²) in [4.78, 5) is 60.3. The van der Waals surface area contributed by atoms with Crippen LogP contribution in [0.15, 0.2) is 17.5 Å². The number of carbonyl (C=O) groups is 4. The first-order valence-corrected chi connectivity index (χ1v) is 11.7. The third-order valence-electron chi connectivity index (χ3n) is 5.23. The maximum absolute atomic E-state index is 13.2. The number of carbonyl (C=O) groups excluding carboxylic acids is 3. The molecule has 0 bridgehead atoms. The van der Waals surface area contributed by atoms with Crippen molar-refractivity contribution < 1.29 is 24.3 Å². The number of unbranched alkanes of at least 4 members (excludes halogenated alkanes) is 1. The van der Waals surface area contributed by atoms with Gasteiger partial charge in [-0.1, -0.05) is 0 Å². The van der Waals surface area contributed by atoms with Gasteiger partial charge in [-0.15, -0.1) is 0 Å².